The van der Waals surface area contributed by atoms with Crippen LogP contribution < -0.4 is 10.5 Å². The Hall–Kier alpha value is -3.32. The number of ether oxygens (including phenoxy) is 1. The number of carbonyl (C=O) groups is 1. The van der Waals surface area contributed by atoms with E-state index < -0.39 is 0 Å². The minimum Gasteiger partial charge on any atom is -0.378 e. The number of fused-ring (bicyclic) bond motifs is 3. The number of hydrogen-bond acceptors (Lipinski definition) is 6. The van der Waals surface area contributed by atoms with Crippen molar-refractivity contribution in [2.45, 2.75) is 12.8 Å². The summed E-state index contributed by atoms with van der Waals surface area (Å²) in [4.78, 5) is 39.5. The fourth-order valence-electron chi connectivity index (χ4n) is 4.16. The van der Waals surface area contributed by atoms with Gasteiger partial charge in [0, 0.05) is 31.3 Å². The standard InChI is InChI=1S/C23H22N4O3/c28-19-13-16(7-6-15-4-2-1-3-5-15)12-17-18(19)14-24-21-20(17)22(29)26-23(25-21)27-8-10-30-11-9-27/h1-7,14,16H,8-13H2,(H,24,25,26,29). The zero-order valence-electron chi connectivity index (χ0n) is 16.5. The predicted molar refractivity (Wildman–Crippen MR) is 115 cm³/mol. The molecule has 1 fully saturated rings. The Bertz CT molecular complexity index is 1180. The fraction of sp³-hybridized carbons (Fsp3) is 0.304. The molecule has 2 aromatic heterocycles. The van der Waals surface area contributed by atoms with Crippen LogP contribution in [0.15, 0.2) is 47.4 Å². The Kier molecular flexibility index (Phi) is 4.88. The van der Waals surface area contributed by atoms with Crippen molar-refractivity contribution in [3.05, 3.63) is 69.6 Å². The molecule has 7 heteroatoms. The number of anilines is 1. The minimum atomic E-state index is -0.244. The largest absolute Gasteiger partial charge is 0.378 e. The van der Waals surface area contributed by atoms with Gasteiger partial charge in [0.1, 0.15) is 0 Å². The molecule has 0 saturated carbocycles. The van der Waals surface area contributed by atoms with Crippen LogP contribution in [0.4, 0.5) is 5.95 Å². The number of H-pyrrole nitrogens is 1. The molecule has 2 aliphatic rings. The van der Waals surface area contributed by atoms with E-state index in [0.717, 1.165) is 11.1 Å². The van der Waals surface area contributed by atoms with E-state index in [1.165, 1.54) is 0 Å². The predicted octanol–water partition coefficient (Wildman–Crippen LogP) is 2.61. The molecule has 3 aromatic rings. The number of nitrogens with one attached hydrogen (secondary N) is 1. The van der Waals surface area contributed by atoms with Crippen LogP contribution in [0, 0.1) is 5.92 Å². The van der Waals surface area contributed by atoms with Gasteiger partial charge in [-0.3, -0.25) is 14.6 Å². The molecule has 0 bridgehead atoms. The molecular weight excluding hydrogens is 380 g/mol. The van der Waals surface area contributed by atoms with Crippen LogP contribution in [0.3, 0.4) is 0 Å². The van der Waals surface area contributed by atoms with E-state index in [0.29, 0.717) is 61.7 Å². The number of rotatable bonds is 3. The van der Waals surface area contributed by atoms with Crippen molar-refractivity contribution in [2.24, 2.45) is 5.92 Å². The van der Waals surface area contributed by atoms with E-state index in [1.807, 2.05) is 41.3 Å². The van der Waals surface area contributed by atoms with E-state index >= 15 is 0 Å². The molecule has 0 spiro atoms. The Labute approximate surface area is 173 Å². The van der Waals surface area contributed by atoms with Gasteiger partial charge in [-0.2, -0.15) is 4.98 Å². The highest BCUT2D eigenvalue weighted by Crippen LogP contribution is 2.30. The van der Waals surface area contributed by atoms with Crippen LogP contribution in [-0.4, -0.2) is 47.0 Å². The summed E-state index contributed by atoms with van der Waals surface area (Å²) >= 11 is 0. The quantitative estimate of drug-likeness (QED) is 0.725. The van der Waals surface area contributed by atoms with Gasteiger partial charge in [-0.15, -0.1) is 0 Å². The molecule has 1 atom stereocenters. The SMILES string of the molecule is O=C1CC(C=Cc2ccccc2)Cc2c1cnc1nc(N3CCOCC3)[nH]c(=O)c21. The molecule has 1 N–H and O–H groups in total. The molecule has 0 amide bonds. The number of pyridine rings is 1. The molecule has 1 unspecified atom stereocenters. The van der Waals surface area contributed by atoms with Gasteiger partial charge < -0.3 is 9.64 Å². The van der Waals surface area contributed by atoms with Crippen molar-refractivity contribution in [3.8, 4) is 0 Å². The van der Waals surface area contributed by atoms with Crippen molar-refractivity contribution < 1.29 is 9.53 Å². The molecule has 3 heterocycles. The van der Waals surface area contributed by atoms with E-state index in [9.17, 15) is 9.59 Å². The van der Waals surface area contributed by atoms with Gasteiger partial charge in [0.05, 0.1) is 18.6 Å². The van der Waals surface area contributed by atoms with E-state index in [1.54, 1.807) is 6.20 Å². The van der Waals surface area contributed by atoms with Crippen molar-refractivity contribution in [3.63, 3.8) is 0 Å². The summed E-state index contributed by atoms with van der Waals surface area (Å²) in [5.41, 5.74) is 2.52. The normalized spacial score (nSPS) is 19.4. The average molecular weight is 402 g/mol. The van der Waals surface area contributed by atoms with Crippen LogP contribution >= 0.6 is 0 Å². The molecule has 1 aliphatic heterocycles. The molecule has 7 nitrogen and oxygen atoms in total. The summed E-state index contributed by atoms with van der Waals surface area (Å²) in [6, 6.07) is 9.99. The van der Waals surface area contributed by atoms with Crippen LogP contribution in [0.1, 0.15) is 27.9 Å². The number of aromatic amines is 1. The number of morpholine rings is 1. The Morgan fingerprint density at radius 1 is 1.10 bits per heavy atom. The number of aromatic nitrogens is 3. The van der Waals surface area contributed by atoms with Crippen molar-refractivity contribution in [2.75, 3.05) is 31.2 Å². The maximum Gasteiger partial charge on any atom is 0.262 e. The first-order valence-electron chi connectivity index (χ1n) is 10.2. The maximum atomic E-state index is 13.0. The van der Waals surface area contributed by atoms with E-state index in [-0.39, 0.29) is 17.3 Å². The number of nitrogens with zero attached hydrogens (tertiary/aromatic N) is 3. The third kappa shape index (κ3) is 3.52. The monoisotopic (exact) mass is 402 g/mol. The highest BCUT2D eigenvalue weighted by molar-refractivity contribution is 6.02. The number of benzene rings is 1. The summed E-state index contributed by atoms with van der Waals surface area (Å²) in [7, 11) is 0. The van der Waals surface area contributed by atoms with Gasteiger partial charge in [0.2, 0.25) is 5.95 Å². The lowest BCUT2D eigenvalue weighted by Crippen LogP contribution is -2.38. The summed E-state index contributed by atoms with van der Waals surface area (Å²) in [6.45, 7) is 2.54. The molecule has 30 heavy (non-hydrogen) atoms. The third-order valence-corrected chi connectivity index (χ3v) is 5.72. The molecule has 0 radical (unpaired) electrons. The Morgan fingerprint density at radius 2 is 1.90 bits per heavy atom. The van der Waals surface area contributed by atoms with Gasteiger partial charge in [0.15, 0.2) is 11.4 Å². The molecule has 152 valence electrons. The van der Waals surface area contributed by atoms with Crippen molar-refractivity contribution in [1.29, 1.82) is 0 Å². The van der Waals surface area contributed by atoms with Crippen LogP contribution in [-0.2, 0) is 11.2 Å². The first-order valence-corrected chi connectivity index (χ1v) is 10.2. The summed E-state index contributed by atoms with van der Waals surface area (Å²) in [5.74, 6) is 0.560. The first kappa shape index (κ1) is 18.7. The van der Waals surface area contributed by atoms with Crippen molar-refractivity contribution in [1.82, 2.24) is 15.0 Å². The first-order chi connectivity index (χ1) is 14.7. The maximum absolute atomic E-state index is 13.0. The zero-order valence-corrected chi connectivity index (χ0v) is 16.5. The Morgan fingerprint density at radius 3 is 2.70 bits per heavy atom. The van der Waals surface area contributed by atoms with Gasteiger partial charge in [-0.1, -0.05) is 42.5 Å². The number of hydrogen-bond donors (Lipinski definition) is 1. The summed E-state index contributed by atoms with van der Waals surface area (Å²) in [6.07, 6.45) is 6.70. The molecule has 5 rings (SSSR count). The number of Topliss-reactive ketones (excluding diaryl/α,β-unsaturated/α-hetero) is 1. The number of ketones is 1. The van der Waals surface area contributed by atoms with E-state index in [2.05, 4.69) is 21.0 Å². The van der Waals surface area contributed by atoms with Gasteiger partial charge >= 0.3 is 0 Å². The summed E-state index contributed by atoms with van der Waals surface area (Å²) < 4.78 is 5.37. The zero-order chi connectivity index (χ0) is 20.5. The third-order valence-electron chi connectivity index (χ3n) is 5.72. The van der Waals surface area contributed by atoms with Gasteiger partial charge in [-0.05, 0) is 23.5 Å². The second-order valence-corrected chi connectivity index (χ2v) is 7.70. The van der Waals surface area contributed by atoms with Crippen LogP contribution in [0.2, 0.25) is 0 Å². The molecular formula is C23H22N4O3. The van der Waals surface area contributed by atoms with E-state index in [4.69, 9.17) is 4.74 Å². The lowest BCUT2D eigenvalue weighted by molar-refractivity contribution is 0.0959. The minimum absolute atomic E-state index is 0.0185. The summed E-state index contributed by atoms with van der Waals surface area (Å²) in [5, 5.41) is 0.427. The van der Waals surface area contributed by atoms with Crippen LogP contribution in [0.5, 0.6) is 0 Å². The van der Waals surface area contributed by atoms with Gasteiger partial charge in [-0.25, -0.2) is 4.98 Å². The highest BCUT2D eigenvalue weighted by atomic mass is 16.5. The number of allylic oxidation sites excluding steroid dienone is 1. The highest BCUT2D eigenvalue weighted by Gasteiger charge is 2.28. The average Bonchev–Trinajstić information content (AvgIpc) is 2.78. The van der Waals surface area contributed by atoms with Gasteiger partial charge in [0.25, 0.3) is 5.56 Å². The second-order valence-electron chi connectivity index (χ2n) is 7.70. The Balaban J connectivity index is 1.51. The number of carbonyl (C=O) groups excluding carboxylic acids is 1. The lowest BCUT2D eigenvalue weighted by Gasteiger charge is -2.27. The fourth-order valence-corrected chi connectivity index (χ4v) is 4.16. The smallest absolute Gasteiger partial charge is 0.262 e. The van der Waals surface area contributed by atoms with Crippen LogP contribution in [0.25, 0.3) is 17.1 Å². The topological polar surface area (TPSA) is 88.2 Å². The molecule has 1 aliphatic carbocycles. The van der Waals surface area contributed by atoms with Crippen molar-refractivity contribution >= 4 is 28.8 Å². The second kappa shape index (κ2) is 7.84. The molecule has 1 saturated heterocycles. The molecule has 1 aromatic carbocycles. The lowest BCUT2D eigenvalue weighted by atomic mass is 9.82.